The summed E-state index contributed by atoms with van der Waals surface area (Å²) in [7, 11) is -3.73. The summed E-state index contributed by atoms with van der Waals surface area (Å²) in [5.74, 6) is -0.566. The predicted octanol–water partition coefficient (Wildman–Crippen LogP) is -0.799. The molecule has 10 heteroatoms. The van der Waals surface area contributed by atoms with Crippen LogP contribution < -0.4 is 10.5 Å². The second-order valence-electron chi connectivity index (χ2n) is 3.86. The minimum Gasteiger partial charge on any atom is -0.368 e. The fourth-order valence-corrected chi connectivity index (χ4v) is 2.65. The van der Waals surface area contributed by atoms with Crippen LogP contribution in [0.5, 0.6) is 0 Å². The number of aromatic amines is 1. The van der Waals surface area contributed by atoms with Crippen LogP contribution in [0.25, 0.3) is 0 Å². The highest BCUT2D eigenvalue weighted by atomic mass is 32.2. The zero-order chi connectivity index (χ0) is 14.0. The van der Waals surface area contributed by atoms with Gasteiger partial charge < -0.3 is 5.73 Å². The molecule has 0 saturated heterocycles. The molecule has 2 aromatic heterocycles. The number of aryl methyl sites for hydroxylation is 1. The second-order valence-corrected chi connectivity index (χ2v) is 5.51. The molecule has 0 fully saturated rings. The van der Waals surface area contributed by atoms with Crippen LogP contribution in [0.4, 0.5) is 5.69 Å². The van der Waals surface area contributed by atoms with Crippen LogP contribution in [0.1, 0.15) is 5.69 Å². The Balaban J connectivity index is 2.19. The van der Waals surface area contributed by atoms with E-state index in [0.717, 1.165) is 0 Å². The Labute approximate surface area is 108 Å². The van der Waals surface area contributed by atoms with E-state index in [-0.39, 0.29) is 17.1 Å². The number of carbonyl (C=O) groups is 1. The highest BCUT2D eigenvalue weighted by Crippen LogP contribution is 2.16. The summed E-state index contributed by atoms with van der Waals surface area (Å²) in [5, 5.41) is 10.00. The van der Waals surface area contributed by atoms with E-state index >= 15 is 0 Å². The SMILES string of the molecule is Cc1[nH]ncc1S(=O)(=O)Nc1cnn(CC(N)=O)c1. The van der Waals surface area contributed by atoms with Gasteiger partial charge in [0, 0.05) is 6.20 Å². The Morgan fingerprint density at radius 1 is 1.53 bits per heavy atom. The quantitative estimate of drug-likeness (QED) is 0.660. The topological polar surface area (TPSA) is 136 Å². The molecule has 0 bridgehead atoms. The van der Waals surface area contributed by atoms with Crippen molar-refractivity contribution in [1.29, 1.82) is 0 Å². The minimum absolute atomic E-state index is 0.0511. The van der Waals surface area contributed by atoms with E-state index in [9.17, 15) is 13.2 Å². The van der Waals surface area contributed by atoms with Gasteiger partial charge in [-0.3, -0.25) is 19.3 Å². The predicted molar refractivity (Wildman–Crippen MR) is 65.6 cm³/mol. The van der Waals surface area contributed by atoms with Gasteiger partial charge in [-0.15, -0.1) is 0 Å². The van der Waals surface area contributed by atoms with Gasteiger partial charge in [0.15, 0.2) is 0 Å². The van der Waals surface area contributed by atoms with Crippen LogP contribution in [0.15, 0.2) is 23.5 Å². The summed E-state index contributed by atoms with van der Waals surface area (Å²) in [6, 6.07) is 0. The van der Waals surface area contributed by atoms with E-state index in [1.54, 1.807) is 6.92 Å². The molecule has 2 rings (SSSR count). The van der Waals surface area contributed by atoms with Crippen molar-refractivity contribution in [1.82, 2.24) is 20.0 Å². The number of rotatable bonds is 5. The Hall–Kier alpha value is -2.36. The van der Waals surface area contributed by atoms with E-state index < -0.39 is 15.9 Å². The lowest BCUT2D eigenvalue weighted by Gasteiger charge is -2.03. The van der Waals surface area contributed by atoms with Crippen LogP contribution in [-0.4, -0.2) is 34.3 Å². The molecule has 0 aliphatic carbocycles. The molecular formula is C9H12N6O3S. The van der Waals surface area contributed by atoms with Gasteiger partial charge >= 0.3 is 0 Å². The van der Waals surface area contributed by atoms with Crippen molar-refractivity contribution in [3.8, 4) is 0 Å². The number of carbonyl (C=O) groups excluding carboxylic acids is 1. The average molecular weight is 284 g/mol. The van der Waals surface area contributed by atoms with Crippen LogP contribution >= 0.6 is 0 Å². The normalized spacial score (nSPS) is 11.4. The molecule has 0 spiro atoms. The number of anilines is 1. The molecule has 2 heterocycles. The molecule has 0 radical (unpaired) electrons. The summed E-state index contributed by atoms with van der Waals surface area (Å²) < 4.78 is 27.6. The second kappa shape index (κ2) is 4.72. The summed E-state index contributed by atoms with van der Waals surface area (Å²) in [5.41, 5.74) is 5.67. The molecule has 4 N–H and O–H groups in total. The first-order chi connectivity index (χ1) is 8.88. The standard InChI is InChI=1S/C9H12N6O3S/c1-6-8(3-11-13-6)19(17,18)14-7-2-12-15(4-7)5-9(10)16/h2-4,14H,5H2,1H3,(H2,10,16)(H,11,13). The molecule has 1 amide bonds. The molecule has 9 nitrogen and oxygen atoms in total. The van der Waals surface area contributed by atoms with Crippen LogP contribution in [0.2, 0.25) is 0 Å². The molecule has 102 valence electrons. The zero-order valence-corrected chi connectivity index (χ0v) is 10.8. The molecule has 0 aliphatic heterocycles. The molecule has 2 aromatic rings. The number of aromatic nitrogens is 4. The van der Waals surface area contributed by atoms with Gasteiger partial charge in [0.05, 0.1) is 23.8 Å². The third kappa shape index (κ3) is 2.91. The zero-order valence-electron chi connectivity index (χ0n) is 9.99. The Morgan fingerprint density at radius 2 is 2.26 bits per heavy atom. The van der Waals surface area contributed by atoms with E-state index in [0.29, 0.717) is 5.69 Å². The third-order valence-corrected chi connectivity index (χ3v) is 3.77. The fourth-order valence-electron chi connectivity index (χ4n) is 1.48. The van der Waals surface area contributed by atoms with Crippen LogP contribution in [0.3, 0.4) is 0 Å². The first-order valence-corrected chi connectivity index (χ1v) is 6.70. The third-order valence-electron chi connectivity index (χ3n) is 2.28. The number of hydrogen-bond acceptors (Lipinski definition) is 5. The number of hydrogen-bond donors (Lipinski definition) is 3. The van der Waals surface area contributed by atoms with Gasteiger partial charge in [0.2, 0.25) is 5.91 Å². The fraction of sp³-hybridized carbons (Fsp3) is 0.222. The maximum atomic E-state index is 12.0. The van der Waals surface area contributed by atoms with Gasteiger partial charge in [0.1, 0.15) is 11.4 Å². The van der Waals surface area contributed by atoms with Crippen molar-refractivity contribution in [2.75, 3.05) is 4.72 Å². The lowest BCUT2D eigenvalue weighted by atomic mass is 10.5. The molecular weight excluding hydrogens is 272 g/mol. The van der Waals surface area contributed by atoms with Gasteiger partial charge in [0.25, 0.3) is 10.0 Å². The van der Waals surface area contributed by atoms with E-state index in [2.05, 4.69) is 20.0 Å². The number of nitrogens with two attached hydrogens (primary N) is 1. The number of nitrogens with zero attached hydrogens (tertiary/aromatic N) is 3. The van der Waals surface area contributed by atoms with E-state index in [1.807, 2.05) is 0 Å². The van der Waals surface area contributed by atoms with Crippen molar-refractivity contribution < 1.29 is 13.2 Å². The first kappa shape index (κ1) is 13.1. The lowest BCUT2D eigenvalue weighted by molar-refractivity contribution is -0.118. The van der Waals surface area contributed by atoms with Crippen molar-refractivity contribution in [2.45, 2.75) is 18.4 Å². The van der Waals surface area contributed by atoms with Crippen LogP contribution in [0, 0.1) is 6.92 Å². The summed E-state index contributed by atoms with van der Waals surface area (Å²) in [6.45, 7) is 1.48. The minimum atomic E-state index is -3.73. The number of sulfonamides is 1. The molecule has 0 aromatic carbocycles. The number of nitrogens with one attached hydrogen (secondary N) is 2. The van der Waals surface area contributed by atoms with E-state index in [4.69, 9.17) is 5.73 Å². The van der Waals surface area contributed by atoms with Gasteiger partial charge in [-0.2, -0.15) is 10.2 Å². The van der Waals surface area contributed by atoms with Crippen LogP contribution in [-0.2, 0) is 21.4 Å². The number of primary amides is 1. The molecule has 19 heavy (non-hydrogen) atoms. The highest BCUT2D eigenvalue weighted by molar-refractivity contribution is 7.92. The maximum Gasteiger partial charge on any atom is 0.265 e. The van der Waals surface area contributed by atoms with Gasteiger partial charge in [-0.25, -0.2) is 8.42 Å². The van der Waals surface area contributed by atoms with Crippen molar-refractivity contribution >= 4 is 21.6 Å². The van der Waals surface area contributed by atoms with Crippen molar-refractivity contribution in [3.05, 3.63) is 24.3 Å². The molecule has 0 atom stereocenters. The highest BCUT2D eigenvalue weighted by Gasteiger charge is 2.19. The Kier molecular flexibility index (Phi) is 3.25. The Bertz CT molecular complexity index is 701. The first-order valence-electron chi connectivity index (χ1n) is 5.22. The smallest absolute Gasteiger partial charge is 0.265 e. The summed E-state index contributed by atoms with van der Waals surface area (Å²) in [6.07, 6.45) is 3.87. The van der Waals surface area contributed by atoms with E-state index in [1.165, 1.54) is 23.3 Å². The van der Waals surface area contributed by atoms with Gasteiger partial charge in [-0.05, 0) is 6.92 Å². The summed E-state index contributed by atoms with van der Waals surface area (Å²) >= 11 is 0. The Morgan fingerprint density at radius 3 is 2.84 bits per heavy atom. The maximum absolute atomic E-state index is 12.0. The molecule has 0 saturated carbocycles. The lowest BCUT2D eigenvalue weighted by Crippen LogP contribution is -2.18. The monoisotopic (exact) mass is 284 g/mol. The summed E-state index contributed by atoms with van der Waals surface area (Å²) in [4.78, 5) is 10.8. The number of amides is 1. The molecule has 0 aliphatic rings. The van der Waals surface area contributed by atoms with Crippen molar-refractivity contribution in [2.24, 2.45) is 5.73 Å². The van der Waals surface area contributed by atoms with Crippen molar-refractivity contribution in [3.63, 3.8) is 0 Å². The molecule has 0 unspecified atom stereocenters. The largest absolute Gasteiger partial charge is 0.368 e. The number of H-pyrrole nitrogens is 1. The van der Waals surface area contributed by atoms with Gasteiger partial charge in [-0.1, -0.05) is 0 Å². The average Bonchev–Trinajstić information content (AvgIpc) is 2.86.